The van der Waals surface area contributed by atoms with E-state index in [9.17, 15) is 22.8 Å². The van der Waals surface area contributed by atoms with Gasteiger partial charge >= 0.3 is 6.18 Å². The van der Waals surface area contributed by atoms with E-state index >= 15 is 0 Å². The van der Waals surface area contributed by atoms with Crippen LogP contribution in [0, 0.1) is 0 Å². The Kier molecular flexibility index (Phi) is 2.94. The molecule has 1 aliphatic rings. The highest BCUT2D eigenvalue weighted by atomic mass is 19.4. The predicted octanol–water partition coefficient (Wildman–Crippen LogP) is 2.14. The van der Waals surface area contributed by atoms with E-state index in [4.69, 9.17) is 0 Å². The number of carbonyl (C=O) groups excluding carboxylic acids is 2. The highest BCUT2D eigenvalue weighted by molar-refractivity contribution is 6.15. The molecule has 2 amide bonds. The van der Waals surface area contributed by atoms with Crippen molar-refractivity contribution < 1.29 is 22.8 Å². The lowest BCUT2D eigenvalue weighted by molar-refractivity contribution is -0.137. The van der Waals surface area contributed by atoms with Crippen LogP contribution in [0.3, 0.4) is 0 Å². The minimum absolute atomic E-state index is 0.0386. The molecule has 0 saturated carbocycles. The van der Waals surface area contributed by atoms with Gasteiger partial charge in [-0.25, -0.2) is 0 Å². The largest absolute Gasteiger partial charge is 0.416 e. The number of benzene rings is 1. The molecule has 3 nitrogen and oxygen atoms in total. The van der Waals surface area contributed by atoms with Gasteiger partial charge in [0.1, 0.15) is 0 Å². The predicted molar refractivity (Wildman–Crippen MR) is 57.2 cm³/mol. The van der Waals surface area contributed by atoms with Crippen LogP contribution in [-0.2, 0) is 15.8 Å². The number of halogens is 3. The molecule has 0 bridgehead atoms. The number of hydrogen-bond acceptors (Lipinski definition) is 2. The molecule has 1 fully saturated rings. The molecule has 1 aromatic carbocycles. The number of hydrogen-bond donors (Lipinski definition) is 1. The molecule has 0 unspecified atom stereocenters. The SMILES string of the molecule is O=C1CC(=Cc2ccccc2C(F)(F)F)C(=O)N1. The van der Waals surface area contributed by atoms with E-state index in [1.165, 1.54) is 18.2 Å². The van der Waals surface area contributed by atoms with Crippen LogP contribution < -0.4 is 5.32 Å². The summed E-state index contributed by atoms with van der Waals surface area (Å²) >= 11 is 0. The number of alkyl halides is 3. The summed E-state index contributed by atoms with van der Waals surface area (Å²) in [6.45, 7) is 0. The van der Waals surface area contributed by atoms with E-state index in [0.29, 0.717) is 0 Å². The Morgan fingerprint density at radius 2 is 1.83 bits per heavy atom. The molecule has 6 heteroatoms. The van der Waals surface area contributed by atoms with Crippen LogP contribution in [0.2, 0.25) is 0 Å². The lowest BCUT2D eigenvalue weighted by atomic mass is 10.0. The number of carbonyl (C=O) groups is 2. The molecule has 0 spiro atoms. The molecular formula is C12H8F3NO2. The quantitative estimate of drug-likeness (QED) is 0.617. The van der Waals surface area contributed by atoms with Crippen LogP contribution in [0.15, 0.2) is 29.8 Å². The summed E-state index contributed by atoms with van der Waals surface area (Å²) in [5.74, 6) is -1.15. The van der Waals surface area contributed by atoms with Gasteiger partial charge in [-0.1, -0.05) is 18.2 Å². The molecule has 18 heavy (non-hydrogen) atoms. The van der Waals surface area contributed by atoms with E-state index in [1.54, 1.807) is 0 Å². The first kappa shape index (κ1) is 12.3. The molecule has 1 saturated heterocycles. The maximum absolute atomic E-state index is 12.7. The molecule has 1 heterocycles. The van der Waals surface area contributed by atoms with Crippen LogP contribution in [0.1, 0.15) is 17.5 Å². The molecule has 0 radical (unpaired) electrons. The first-order chi connectivity index (χ1) is 8.38. The van der Waals surface area contributed by atoms with Crippen molar-refractivity contribution >= 4 is 17.9 Å². The van der Waals surface area contributed by atoms with Crippen LogP contribution >= 0.6 is 0 Å². The molecule has 1 aliphatic heterocycles. The Bertz CT molecular complexity index is 546. The zero-order chi connectivity index (χ0) is 13.3. The fourth-order valence-electron chi connectivity index (χ4n) is 1.69. The Balaban J connectivity index is 2.44. The Hall–Kier alpha value is -2.11. The van der Waals surface area contributed by atoms with Gasteiger partial charge in [-0.3, -0.25) is 14.9 Å². The fraction of sp³-hybridized carbons (Fsp3) is 0.167. The highest BCUT2D eigenvalue weighted by Gasteiger charge is 2.33. The summed E-state index contributed by atoms with van der Waals surface area (Å²) < 4.78 is 38.1. The molecule has 1 N–H and O–H groups in total. The first-order valence-electron chi connectivity index (χ1n) is 5.09. The smallest absolute Gasteiger partial charge is 0.292 e. The number of amides is 2. The van der Waals surface area contributed by atoms with Crippen LogP contribution in [0.4, 0.5) is 13.2 Å². The van der Waals surface area contributed by atoms with Gasteiger partial charge in [0.05, 0.1) is 12.0 Å². The van der Waals surface area contributed by atoms with Crippen molar-refractivity contribution in [2.24, 2.45) is 0 Å². The molecule has 0 aromatic heterocycles. The molecular weight excluding hydrogens is 247 g/mol. The zero-order valence-corrected chi connectivity index (χ0v) is 9.04. The Morgan fingerprint density at radius 3 is 2.39 bits per heavy atom. The maximum Gasteiger partial charge on any atom is 0.416 e. The molecule has 0 aliphatic carbocycles. The summed E-state index contributed by atoms with van der Waals surface area (Å²) in [6, 6.07) is 4.90. The summed E-state index contributed by atoms with van der Waals surface area (Å²) in [5.41, 5.74) is -0.911. The molecule has 2 rings (SSSR count). The van der Waals surface area contributed by atoms with Crippen molar-refractivity contribution in [3.8, 4) is 0 Å². The Morgan fingerprint density at radius 1 is 1.17 bits per heavy atom. The summed E-state index contributed by atoms with van der Waals surface area (Å²) in [5, 5.41) is 2.02. The van der Waals surface area contributed by atoms with Crippen molar-refractivity contribution in [2.75, 3.05) is 0 Å². The van der Waals surface area contributed by atoms with Gasteiger partial charge in [-0.15, -0.1) is 0 Å². The van der Waals surface area contributed by atoms with Crippen LogP contribution in [0.25, 0.3) is 6.08 Å². The summed E-state index contributed by atoms with van der Waals surface area (Å²) in [4.78, 5) is 22.2. The average Bonchev–Trinajstić information content (AvgIpc) is 2.57. The van der Waals surface area contributed by atoms with Crippen molar-refractivity contribution in [3.05, 3.63) is 41.0 Å². The van der Waals surface area contributed by atoms with Gasteiger partial charge in [-0.05, 0) is 17.7 Å². The lowest BCUT2D eigenvalue weighted by Crippen LogP contribution is -2.19. The second kappa shape index (κ2) is 4.29. The zero-order valence-electron chi connectivity index (χ0n) is 9.04. The van der Waals surface area contributed by atoms with Crippen molar-refractivity contribution in [1.82, 2.24) is 5.32 Å². The minimum atomic E-state index is -4.49. The van der Waals surface area contributed by atoms with Crippen LogP contribution in [-0.4, -0.2) is 11.8 Å². The van der Waals surface area contributed by atoms with Crippen molar-refractivity contribution in [3.63, 3.8) is 0 Å². The number of imide groups is 1. The van der Waals surface area contributed by atoms with E-state index in [1.807, 2.05) is 5.32 Å². The molecule has 0 atom stereocenters. The monoisotopic (exact) mass is 255 g/mol. The third-order valence-electron chi connectivity index (χ3n) is 2.49. The van der Waals surface area contributed by atoms with Crippen molar-refractivity contribution in [2.45, 2.75) is 12.6 Å². The van der Waals surface area contributed by atoms with Crippen LogP contribution in [0.5, 0.6) is 0 Å². The average molecular weight is 255 g/mol. The van der Waals surface area contributed by atoms with E-state index in [-0.39, 0.29) is 17.6 Å². The summed E-state index contributed by atoms with van der Waals surface area (Å²) in [7, 11) is 0. The fourth-order valence-corrected chi connectivity index (χ4v) is 1.69. The maximum atomic E-state index is 12.7. The number of rotatable bonds is 1. The van der Waals surface area contributed by atoms with Gasteiger partial charge in [-0.2, -0.15) is 13.2 Å². The minimum Gasteiger partial charge on any atom is -0.292 e. The van der Waals surface area contributed by atoms with E-state index < -0.39 is 23.6 Å². The van der Waals surface area contributed by atoms with E-state index in [0.717, 1.165) is 12.1 Å². The standard InChI is InChI=1S/C12H8F3NO2/c13-12(14,15)9-4-2-1-3-7(9)5-8-6-10(17)16-11(8)18/h1-5H,6H2,(H,16,17,18). The highest BCUT2D eigenvalue weighted by Crippen LogP contribution is 2.33. The van der Waals surface area contributed by atoms with Crippen molar-refractivity contribution in [1.29, 1.82) is 0 Å². The first-order valence-corrected chi connectivity index (χ1v) is 5.09. The van der Waals surface area contributed by atoms with E-state index in [2.05, 4.69) is 0 Å². The molecule has 94 valence electrons. The second-order valence-electron chi connectivity index (χ2n) is 3.81. The topological polar surface area (TPSA) is 46.2 Å². The van der Waals surface area contributed by atoms with Gasteiger partial charge in [0.2, 0.25) is 5.91 Å². The Labute approximate surface area is 100 Å². The number of nitrogens with one attached hydrogen (secondary N) is 1. The van der Waals surface area contributed by atoms with Gasteiger partial charge in [0.25, 0.3) is 5.91 Å². The second-order valence-corrected chi connectivity index (χ2v) is 3.81. The molecule has 1 aromatic rings. The van der Waals surface area contributed by atoms with Gasteiger partial charge in [0, 0.05) is 5.57 Å². The third kappa shape index (κ3) is 2.42. The van der Waals surface area contributed by atoms with Gasteiger partial charge < -0.3 is 0 Å². The summed E-state index contributed by atoms with van der Waals surface area (Å²) in [6.07, 6.45) is -3.58. The lowest BCUT2D eigenvalue weighted by Gasteiger charge is -2.09. The van der Waals surface area contributed by atoms with Gasteiger partial charge in [0.15, 0.2) is 0 Å². The normalized spacial score (nSPS) is 18.3. The third-order valence-corrected chi connectivity index (χ3v) is 2.49.